The quantitative estimate of drug-likeness (QED) is 0.762. The Morgan fingerprint density at radius 1 is 1.29 bits per heavy atom. The highest BCUT2D eigenvalue weighted by molar-refractivity contribution is 5.86. The molecule has 0 bridgehead atoms. The van der Waals surface area contributed by atoms with Gasteiger partial charge in [-0.3, -0.25) is 9.59 Å². The van der Waals surface area contributed by atoms with Crippen LogP contribution in [0.1, 0.15) is 19.4 Å². The van der Waals surface area contributed by atoms with Crippen LogP contribution in [0, 0.1) is 11.8 Å². The van der Waals surface area contributed by atoms with Crippen LogP contribution in [0.15, 0.2) is 24.3 Å². The second-order valence-corrected chi connectivity index (χ2v) is 5.85. The van der Waals surface area contributed by atoms with E-state index in [1.54, 1.807) is 0 Å². The summed E-state index contributed by atoms with van der Waals surface area (Å²) in [6.45, 7) is 5.35. The van der Waals surface area contributed by atoms with E-state index in [1.807, 2.05) is 38.1 Å². The molecule has 1 aliphatic rings. The van der Waals surface area contributed by atoms with Crippen LogP contribution < -0.4 is 16.0 Å². The monoisotopic (exact) mass is 289 g/mol. The zero-order valence-electron chi connectivity index (χ0n) is 12.6. The Balaban J connectivity index is 1.78. The largest absolute Gasteiger partial charge is 0.384 e. The molecule has 0 saturated heterocycles. The van der Waals surface area contributed by atoms with E-state index < -0.39 is 0 Å². The van der Waals surface area contributed by atoms with Crippen LogP contribution in [0.25, 0.3) is 0 Å². The molecule has 1 aromatic carbocycles. The Kier molecular flexibility index (Phi) is 5.20. The first-order valence-corrected chi connectivity index (χ1v) is 7.42. The molecule has 0 radical (unpaired) electrons. The van der Waals surface area contributed by atoms with Crippen LogP contribution in [0.3, 0.4) is 0 Å². The average molecular weight is 289 g/mol. The lowest BCUT2D eigenvalue weighted by atomic mass is 9.93. The highest BCUT2D eigenvalue weighted by Gasteiger charge is 2.24. The molecule has 0 aliphatic carbocycles. The van der Waals surface area contributed by atoms with Crippen LogP contribution in [-0.4, -0.2) is 31.4 Å². The van der Waals surface area contributed by atoms with Gasteiger partial charge >= 0.3 is 0 Å². The summed E-state index contributed by atoms with van der Waals surface area (Å²) in [6, 6.07) is 7.99. The summed E-state index contributed by atoms with van der Waals surface area (Å²) in [6.07, 6.45) is 0.711. The minimum Gasteiger partial charge on any atom is -0.384 e. The van der Waals surface area contributed by atoms with E-state index in [9.17, 15) is 9.59 Å². The molecule has 0 aromatic heterocycles. The van der Waals surface area contributed by atoms with E-state index in [-0.39, 0.29) is 24.3 Å². The lowest BCUT2D eigenvalue weighted by Gasteiger charge is -2.25. The number of hydrogen-bond acceptors (Lipinski definition) is 3. The lowest BCUT2D eigenvalue weighted by molar-refractivity contribution is -0.128. The summed E-state index contributed by atoms with van der Waals surface area (Å²) in [7, 11) is 0. The van der Waals surface area contributed by atoms with Crippen molar-refractivity contribution >= 4 is 17.5 Å². The number of para-hydroxylation sites is 1. The minimum atomic E-state index is -0.138. The molecular formula is C16H23N3O2. The Hall–Kier alpha value is -2.04. The fraction of sp³-hybridized carbons (Fsp3) is 0.500. The number of carbonyl (C=O) groups is 2. The fourth-order valence-electron chi connectivity index (χ4n) is 2.32. The molecule has 0 fully saturated rings. The van der Waals surface area contributed by atoms with E-state index in [1.165, 1.54) is 0 Å². The normalized spacial score (nSPS) is 16.8. The predicted molar refractivity (Wildman–Crippen MR) is 83.0 cm³/mol. The Labute approximate surface area is 125 Å². The zero-order chi connectivity index (χ0) is 15.2. The standard InChI is InChI=1S/C16H23N3O2/c1-11(2)8-18-15(20)10-19-16(21)13-7-12-5-3-4-6-14(12)17-9-13/h3-6,11,13,17H,7-10H2,1-2H3,(H,18,20)(H,19,21). The molecule has 1 heterocycles. The van der Waals surface area contributed by atoms with Gasteiger partial charge in [-0.15, -0.1) is 0 Å². The molecule has 21 heavy (non-hydrogen) atoms. The number of carbonyl (C=O) groups excluding carboxylic acids is 2. The van der Waals surface area contributed by atoms with Crippen molar-refractivity contribution in [3.05, 3.63) is 29.8 Å². The summed E-state index contributed by atoms with van der Waals surface area (Å²) in [5.41, 5.74) is 2.24. The number of benzene rings is 1. The maximum atomic E-state index is 12.1. The van der Waals surface area contributed by atoms with Gasteiger partial charge in [0, 0.05) is 18.8 Å². The first-order chi connectivity index (χ1) is 10.1. The molecule has 3 N–H and O–H groups in total. The van der Waals surface area contributed by atoms with Gasteiger partial charge in [0.25, 0.3) is 0 Å². The number of rotatable bonds is 5. The van der Waals surface area contributed by atoms with E-state index >= 15 is 0 Å². The Bertz CT molecular complexity index is 514. The zero-order valence-corrected chi connectivity index (χ0v) is 12.6. The van der Waals surface area contributed by atoms with Crippen molar-refractivity contribution in [1.29, 1.82) is 0 Å². The smallest absolute Gasteiger partial charge is 0.239 e. The van der Waals surface area contributed by atoms with Gasteiger partial charge in [0.15, 0.2) is 0 Å². The maximum absolute atomic E-state index is 12.1. The summed E-state index contributed by atoms with van der Waals surface area (Å²) in [5.74, 6) is 0.0689. The second kappa shape index (κ2) is 7.11. The van der Waals surface area contributed by atoms with Crippen molar-refractivity contribution in [3.8, 4) is 0 Å². The summed E-state index contributed by atoms with van der Waals surface area (Å²) < 4.78 is 0. The van der Waals surface area contributed by atoms with E-state index in [0.717, 1.165) is 11.3 Å². The molecule has 114 valence electrons. The number of nitrogens with one attached hydrogen (secondary N) is 3. The van der Waals surface area contributed by atoms with Crippen LogP contribution in [0.4, 0.5) is 5.69 Å². The van der Waals surface area contributed by atoms with Gasteiger partial charge in [-0.1, -0.05) is 32.0 Å². The van der Waals surface area contributed by atoms with Gasteiger partial charge in [-0.2, -0.15) is 0 Å². The molecule has 1 atom stereocenters. The highest BCUT2D eigenvalue weighted by Crippen LogP contribution is 2.24. The topological polar surface area (TPSA) is 70.2 Å². The first-order valence-electron chi connectivity index (χ1n) is 7.42. The van der Waals surface area contributed by atoms with Crippen LogP contribution in [0.5, 0.6) is 0 Å². The van der Waals surface area contributed by atoms with Crippen LogP contribution >= 0.6 is 0 Å². The number of amides is 2. The van der Waals surface area contributed by atoms with Crippen molar-refractivity contribution in [2.24, 2.45) is 11.8 Å². The van der Waals surface area contributed by atoms with Gasteiger partial charge in [-0.25, -0.2) is 0 Å². The van der Waals surface area contributed by atoms with Crippen LogP contribution in [-0.2, 0) is 16.0 Å². The van der Waals surface area contributed by atoms with Crippen LogP contribution in [0.2, 0.25) is 0 Å². The predicted octanol–water partition coefficient (Wildman–Crippen LogP) is 1.16. The third kappa shape index (κ3) is 4.48. The molecule has 1 aromatic rings. The highest BCUT2D eigenvalue weighted by atomic mass is 16.2. The molecule has 5 heteroatoms. The summed E-state index contributed by atoms with van der Waals surface area (Å²) >= 11 is 0. The average Bonchev–Trinajstić information content (AvgIpc) is 2.50. The van der Waals surface area contributed by atoms with Crippen molar-refractivity contribution in [3.63, 3.8) is 0 Å². The molecule has 0 saturated carbocycles. The van der Waals surface area contributed by atoms with Gasteiger partial charge in [0.1, 0.15) is 0 Å². The maximum Gasteiger partial charge on any atom is 0.239 e. The molecule has 1 unspecified atom stereocenters. The minimum absolute atomic E-state index is 0.0453. The van der Waals surface area contributed by atoms with E-state index in [2.05, 4.69) is 16.0 Å². The van der Waals surface area contributed by atoms with Gasteiger partial charge in [-0.05, 0) is 24.0 Å². The molecule has 2 rings (SSSR count). The number of anilines is 1. The number of hydrogen-bond donors (Lipinski definition) is 3. The number of fused-ring (bicyclic) bond motifs is 1. The second-order valence-electron chi connectivity index (χ2n) is 5.85. The van der Waals surface area contributed by atoms with E-state index in [0.29, 0.717) is 25.4 Å². The Morgan fingerprint density at radius 3 is 2.81 bits per heavy atom. The third-order valence-corrected chi connectivity index (χ3v) is 3.52. The van der Waals surface area contributed by atoms with Gasteiger partial charge < -0.3 is 16.0 Å². The Morgan fingerprint density at radius 2 is 2.05 bits per heavy atom. The van der Waals surface area contributed by atoms with Crippen molar-refractivity contribution in [2.75, 3.05) is 25.0 Å². The molecule has 1 aliphatic heterocycles. The third-order valence-electron chi connectivity index (χ3n) is 3.52. The molecule has 2 amide bonds. The summed E-state index contributed by atoms with van der Waals surface area (Å²) in [4.78, 5) is 23.7. The SMILES string of the molecule is CC(C)CNC(=O)CNC(=O)C1CNc2ccccc2C1. The van der Waals surface area contributed by atoms with Crippen molar-refractivity contribution < 1.29 is 9.59 Å². The summed E-state index contributed by atoms with van der Waals surface area (Å²) in [5, 5.41) is 8.76. The molecule has 0 spiro atoms. The van der Waals surface area contributed by atoms with E-state index in [4.69, 9.17) is 0 Å². The lowest BCUT2D eigenvalue weighted by Crippen LogP contribution is -2.43. The van der Waals surface area contributed by atoms with Gasteiger partial charge in [0.2, 0.25) is 11.8 Å². The fourth-order valence-corrected chi connectivity index (χ4v) is 2.32. The molecule has 5 nitrogen and oxygen atoms in total. The van der Waals surface area contributed by atoms with Crippen molar-refractivity contribution in [1.82, 2.24) is 10.6 Å². The first kappa shape index (κ1) is 15.4. The van der Waals surface area contributed by atoms with Crippen molar-refractivity contribution in [2.45, 2.75) is 20.3 Å². The molecular weight excluding hydrogens is 266 g/mol. The van der Waals surface area contributed by atoms with Gasteiger partial charge in [0.05, 0.1) is 12.5 Å².